The molecule has 4 bridgehead atoms. The Kier molecular flexibility index (Phi) is 5.21. The van der Waals surface area contributed by atoms with E-state index in [1.807, 2.05) is 24.3 Å². The van der Waals surface area contributed by atoms with Gasteiger partial charge in [0, 0.05) is 5.69 Å². The van der Waals surface area contributed by atoms with Gasteiger partial charge in [-0.05, 0) is 80.9 Å². The summed E-state index contributed by atoms with van der Waals surface area (Å²) in [6.45, 7) is 1.89. The largest absolute Gasteiger partial charge is 0.455 e. The van der Waals surface area contributed by atoms with Crippen LogP contribution in [0.5, 0.6) is 0 Å². The molecule has 5 heteroatoms. The highest BCUT2D eigenvalue weighted by molar-refractivity contribution is 5.93. The van der Waals surface area contributed by atoms with E-state index in [4.69, 9.17) is 4.74 Å². The van der Waals surface area contributed by atoms with Gasteiger partial charge in [-0.1, -0.05) is 25.5 Å². The number of unbranched alkanes of at least 4 members (excludes halogenated alkanes) is 1. The second-order valence-electron chi connectivity index (χ2n) is 9.39. The Labute approximate surface area is 166 Å². The minimum Gasteiger partial charge on any atom is -0.455 e. The molecule has 5 nitrogen and oxygen atoms in total. The lowest BCUT2D eigenvalue weighted by molar-refractivity contribution is -0.196. The van der Waals surface area contributed by atoms with E-state index in [-0.39, 0.29) is 18.5 Å². The fraction of sp³-hybridized carbons (Fsp3) is 0.652. The lowest BCUT2D eigenvalue weighted by atomic mass is 9.48. The smallest absolute Gasteiger partial charge is 0.312 e. The van der Waals surface area contributed by atoms with Crippen molar-refractivity contribution in [2.45, 2.75) is 70.3 Å². The van der Waals surface area contributed by atoms with Crippen molar-refractivity contribution in [2.75, 3.05) is 11.9 Å². The van der Waals surface area contributed by atoms with Crippen LogP contribution in [0.25, 0.3) is 0 Å². The van der Waals surface area contributed by atoms with Crippen molar-refractivity contribution >= 4 is 17.6 Å². The first-order chi connectivity index (χ1) is 13.4. The Morgan fingerprint density at radius 2 is 1.82 bits per heavy atom. The third kappa shape index (κ3) is 3.95. The van der Waals surface area contributed by atoms with Crippen LogP contribution in [0.1, 0.15) is 63.9 Å². The number of benzene rings is 1. The summed E-state index contributed by atoms with van der Waals surface area (Å²) in [5, 5.41) is 13.6. The van der Waals surface area contributed by atoms with E-state index in [1.54, 1.807) is 0 Å². The number of aryl methyl sites for hydroxylation is 1. The summed E-state index contributed by atoms with van der Waals surface area (Å²) in [7, 11) is 0. The molecule has 0 aromatic heterocycles. The van der Waals surface area contributed by atoms with Crippen molar-refractivity contribution in [3.8, 4) is 0 Å². The lowest BCUT2D eigenvalue weighted by Crippen LogP contribution is -2.58. The molecular formula is C23H31NO4. The molecule has 0 saturated heterocycles. The van der Waals surface area contributed by atoms with Gasteiger partial charge < -0.3 is 15.2 Å². The maximum atomic E-state index is 12.8. The highest BCUT2D eigenvalue weighted by Crippen LogP contribution is 2.61. The van der Waals surface area contributed by atoms with Gasteiger partial charge in [-0.2, -0.15) is 0 Å². The third-order valence-electron chi connectivity index (χ3n) is 6.85. The predicted molar refractivity (Wildman–Crippen MR) is 107 cm³/mol. The number of hydrogen-bond donors (Lipinski definition) is 2. The minimum atomic E-state index is -0.703. The fourth-order valence-electron chi connectivity index (χ4n) is 6.07. The third-order valence-corrected chi connectivity index (χ3v) is 6.85. The molecule has 2 unspecified atom stereocenters. The van der Waals surface area contributed by atoms with E-state index in [9.17, 15) is 14.7 Å². The molecule has 0 heterocycles. The van der Waals surface area contributed by atoms with E-state index in [0.717, 1.165) is 51.4 Å². The van der Waals surface area contributed by atoms with E-state index in [0.29, 0.717) is 23.9 Å². The van der Waals surface area contributed by atoms with Crippen LogP contribution in [-0.2, 0) is 20.7 Å². The highest BCUT2D eigenvalue weighted by atomic mass is 16.5. The van der Waals surface area contributed by atoms with Crippen LogP contribution < -0.4 is 5.32 Å². The van der Waals surface area contributed by atoms with Gasteiger partial charge >= 0.3 is 5.97 Å². The van der Waals surface area contributed by atoms with Crippen LogP contribution in [0.3, 0.4) is 0 Å². The number of amides is 1. The number of rotatable bonds is 7. The number of carbonyl (C=O) groups is 2. The summed E-state index contributed by atoms with van der Waals surface area (Å²) in [6.07, 6.45) is 8.18. The predicted octanol–water partition coefficient (Wildman–Crippen LogP) is 3.84. The zero-order chi connectivity index (χ0) is 19.8. The number of nitrogens with one attached hydrogen (secondary N) is 1. The fourth-order valence-corrected chi connectivity index (χ4v) is 6.07. The Hall–Kier alpha value is -1.88. The molecular weight excluding hydrogens is 354 g/mol. The van der Waals surface area contributed by atoms with Gasteiger partial charge in [0.05, 0.1) is 11.0 Å². The van der Waals surface area contributed by atoms with E-state index in [1.165, 1.54) is 5.56 Å². The van der Waals surface area contributed by atoms with Gasteiger partial charge in [0.1, 0.15) is 0 Å². The SMILES string of the molecule is CCCCc1ccc(NC(=O)COC(=O)C23C[C@@H]4C[C@@H](CC(O)(C4)C2)C3)cc1. The summed E-state index contributed by atoms with van der Waals surface area (Å²) in [6, 6.07) is 7.82. The quantitative estimate of drug-likeness (QED) is 0.699. The molecule has 1 aromatic carbocycles. The molecule has 1 amide bonds. The van der Waals surface area contributed by atoms with Gasteiger partial charge in [0.2, 0.25) is 0 Å². The molecule has 0 aliphatic heterocycles. The normalized spacial score (nSPS) is 32.9. The second kappa shape index (κ2) is 7.51. The average molecular weight is 386 g/mol. The second-order valence-corrected chi connectivity index (χ2v) is 9.39. The number of esters is 1. The molecule has 5 rings (SSSR count). The monoisotopic (exact) mass is 385 g/mol. The number of anilines is 1. The maximum absolute atomic E-state index is 12.8. The van der Waals surface area contributed by atoms with Crippen LogP contribution >= 0.6 is 0 Å². The van der Waals surface area contributed by atoms with E-state index in [2.05, 4.69) is 12.2 Å². The molecule has 4 fully saturated rings. The summed E-state index contributed by atoms with van der Waals surface area (Å²) in [5.41, 5.74) is 0.682. The summed E-state index contributed by atoms with van der Waals surface area (Å²) >= 11 is 0. The Bertz CT molecular complexity index is 727. The summed E-state index contributed by atoms with van der Waals surface area (Å²) in [4.78, 5) is 25.1. The van der Waals surface area contributed by atoms with Gasteiger partial charge in [0.15, 0.2) is 6.61 Å². The first kappa shape index (κ1) is 19.4. The van der Waals surface area contributed by atoms with Crippen molar-refractivity contribution in [1.29, 1.82) is 0 Å². The molecule has 0 spiro atoms. The van der Waals surface area contributed by atoms with Crippen molar-refractivity contribution in [3.05, 3.63) is 29.8 Å². The molecule has 4 aliphatic carbocycles. The van der Waals surface area contributed by atoms with Crippen LogP contribution in [0, 0.1) is 17.3 Å². The lowest BCUT2D eigenvalue weighted by Gasteiger charge is -2.58. The molecule has 1 aromatic rings. The highest BCUT2D eigenvalue weighted by Gasteiger charge is 2.60. The van der Waals surface area contributed by atoms with Crippen LogP contribution in [0.4, 0.5) is 5.69 Å². The van der Waals surface area contributed by atoms with Crippen LogP contribution in [0.15, 0.2) is 24.3 Å². The number of carbonyl (C=O) groups excluding carboxylic acids is 2. The van der Waals surface area contributed by atoms with Gasteiger partial charge in [-0.3, -0.25) is 9.59 Å². The Morgan fingerprint density at radius 3 is 2.43 bits per heavy atom. The first-order valence-corrected chi connectivity index (χ1v) is 10.7. The van der Waals surface area contributed by atoms with Gasteiger partial charge in [0.25, 0.3) is 5.91 Å². The minimum absolute atomic E-state index is 0.272. The summed E-state index contributed by atoms with van der Waals surface area (Å²) in [5.74, 6) is 0.209. The number of ether oxygens (including phenoxy) is 1. The van der Waals surface area contributed by atoms with Crippen molar-refractivity contribution < 1.29 is 19.4 Å². The number of aliphatic hydroxyl groups is 1. The van der Waals surface area contributed by atoms with Crippen LogP contribution in [0.2, 0.25) is 0 Å². The van der Waals surface area contributed by atoms with E-state index < -0.39 is 11.0 Å². The summed E-state index contributed by atoms with van der Waals surface area (Å²) < 4.78 is 5.42. The molecule has 4 atom stereocenters. The van der Waals surface area contributed by atoms with Crippen molar-refractivity contribution in [1.82, 2.24) is 0 Å². The van der Waals surface area contributed by atoms with E-state index >= 15 is 0 Å². The zero-order valence-electron chi connectivity index (χ0n) is 16.7. The van der Waals surface area contributed by atoms with Gasteiger partial charge in [-0.25, -0.2) is 0 Å². The standard InChI is InChI=1S/C23H31NO4/c1-2-3-4-16-5-7-19(8-6-16)24-20(25)14-28-21(26)22-10-17-9-18(11-22)13-23(27,12-17)15-22/h5-8,17-18,27H,2-4,9-15H2,1H3,(H,24,25)/t17-,18+,22?,23?. The van der Waals surface area contributed by atoms with Crippen molar-refractivity contribution in [2.24, 2.45) is 17.3 Å². The molecule has 4 aliphatic rings. The van der Waals surface area contributed by atoms with Crippen LogP contribution in [-0.4, -0.2) is 29.2 Å². The molecule has 152 valence electrons. The number of hydrogen-bond acceptors (Lipinski definition) is 4. The average Bonchev–Trinajstić information content (AvgIpc) is 2.63. The zero-order valence-corrected chi connectivity index (χ0v) is 16.7. The molecule has 0 radical (unpaired) electrons. The Balaban J connectivity index is 1.29. The topological polar surface area (TPSA) is 75.6 Å². The van der Waals surface area contributed by atoms with Crippen molar-refractivity contribution in [3.63, 3.8) is 0 Å². The first-order valence-electron chi connectivity index (χ1n) is 10.7. The maximum Gasteiger partial charge on any atom is 0.312 e. The Morgan fingerprint density at radius 1 is 1.14 bits per heavy atom. The molecule has 28 heavy (non-hydrogen) atoms. The molecule has 2 N–H and O–H groups in total. The van der Waals surface area contributed by atoms with Gasteiger partial charge in [-0.15, -0.1) is 0 Å². The molecule has 4 saturated carbocycles.